The molecule has 1 aliphatic rings. The van der Waals surface area contributed by atoms with E-state index < -0.39 is 0 Å². The van der Waals surface area contributed by atoms with Crippen molar-refractivity contribution in [1.82, 2.24) is 9.88 Å². The molecule has 1 aromatic heterocycles. The smallest absolute Gasteiger partial charge is 0.142 e. The third-order valence-electron chi connectivity index (χ3n) is 5.27. The SMILES string of the molecule is COc1ccc(OC)c(N2CCCN(Cc3csc(-c4ccccc4)n3)CC2)c1. The van der Waals surface area contributed by atoms with Crippen LogP contribution < -0.4 is 14.4 Å². The Balaban J connectivity index is 1.42. The Hall–Kier alpha value is -2.57. The summed E-state index contributed by atoms with van der Waals surface area (Å²) in [7, 11) is 3.43. The molecule has 0 saturated carbocycles. The van der Waals surface area contributed by atoms with Gasteiger partial charge in [0, 0.05) is 49.7 Å². The molecule has 3 aromatic rings. The van der Waals surface area contributed by atoms with Gasteiger partial charge in [-0.1, -0.05) is 30.3 Å². The predicted molar refractivity (Wildman–Crippen MR) is 119 cm³/mol. The highest BCUT2D eigenvalue weighted by Crippen LogP contribution is 2.33. The van der Waals surface area contributed by atoms with Crippen LogP contribution in [0.15, 0.2) is 53.9 Å². The van der Waals surface area contributed by atoms with Crippen molar-refractivity contribution >= 4 is 17.0 Å². The van der Waals surface area contributed by atoms with Crippen LogP contribution in [0, 0.1) is 0 Å². The number of benzene rings is 2. The maximum Gasteiger partial charge on any atom is 0.142 e. The molecule has 6 heteroatoms. The standard InChI is InChI=1S/C23H27N3O2S/c1-27-20-9-10-22(28-2)21(15-20)26-12-6-11-25(13-14-26)16-19-17-29-23(24-19)18-7-4-3-5-8-18/h3-5,7-10,15,17H,6,11-14,16H2,1-2H3. The van der Waals surface area contributed by atoms with E-state index in [1.54, 1.807) is 25.6 Å². The first-order valence-corrected chi connectivity index (χ1v) is 10.8. The van der Waals surface area contributed by atoms with Gasteiger partial charge < -0.3 is 14.4 Å². The number of rotatable bonds is 6. The number of nitrogens with zero attached hydrogens (tertiary/aromatic N) is 3. The van der Waals surface area contributed by atoms with Crippen LogP contribution in [0.5, 0.6) is 11.5 Å². The molecule has 0 radical (unpaired) electrons. The zero-order valence-electron chi connectivity index (χ0n) is 17.0. The first-order chi connectivity index (χ1) is 14.3. The Morgan fingerprint density at radius 2 is 1.83 bits per heavy atom. The fourth-order valence-electron chi connectivity index (χ4n) is 3.74. The molecular weight excluding hydrogens is 382 g/mol. The summed E-state index contributed by atoms with van der Waals surface area (Å²) in [5.41, 5.74) is 3.45. The largest absolute Gasteiger partial charge is 0.497 e. The van der Waals surface area contributed by atoms with Crippen molar-refractivity contribution in [3.8, 4) is 22.1 Å². The minimum Gasteiger partial charge on any atom is -0.497 e. The summed E-state index contributed by atoms with van der Waals surface area (Å²) in [5.74, 6) is 1.75. The van der Waals surface area contributed by atoms with E-state index in [1.807, 2.05) is 18.2 Å². The average molecular weight is 410 g/mol. The molecule has 29 heavy (non-hydrogen) atoms. The highest BCUT2D eigenvalue weighted by atomic mass is 32.1. The number of aromatic nitrogens is 1. The molecule has 1 fully saturated rings. The molecule has 2 heterocycles. The number of thiazole rings is 1. The maximum absolute atomic E-state index is 5.59. The molecule has 2 aromatic carbocycles. The molecule has 0 unspecified atom stereocenters. The van der Waals surface area contributed by atoms with E-state index in [0.717, 1.165) is 67.0 Å². The van der Waals surface area contributed by atoms with Crippen molar-refractivity contribution in [2.75, 3.05) is 45.3 Å². The first-order valence-electron chi connectivity index (χ1n) is 9.96. The summed E-state index contributed by atoms with van der Waals surface area (Å²) in [4.78, 5) is 9.76. The van der Waals surface area contributed by atoms with Crippen molar-refractivity contribution in [2.45, 2.75) is 13.0 Å². The zero-order valence-corrected chi connectivity index (χ0v) is 17.8. The Morgan fingerprint density at radius 3 is 2.62 bits per heavy atom. The van der Waals surface area contributed by atoms with Gasteiger partial charge in [-0.2, -0.15) is 0 Å². The van der Waals surface area contributed by atoms with Gasteiger partial charge in [0.05, 0.1) is 25.6 Å². The van der Waals surface area contributed by atoms with Crippen LogP contribution in [0.4, 0.5) is 5.69 Å². The Bertz CT molecular complexity index is 929. The lowest BCUT2D eigenvalue weighted by atomic mass is 10.2. The second-order valence-corrected chi connectivity index (χ2v) is 8.02. The summed E-state index contributed by atoms with van der Waals surface area (Å²) in [6.45, 7) is 4.93. The van der Waals surface area contributed by atoms with Crippen LogP contribution in [0.2, 0.25) is 0 Å². The molecular formula is C23H27N3O2S. The average Bonchev–Trinajstić information content (AvgIpc) is 3.12. The van der Waals surface area contributed by atoms with Crippen LogP contribution >= 0.6 is 11.3 Å². The van der Waals surface area contributed by atoms with Gasteiger partial charge in [-0.05, 0) is 18.6 Å². The highest BCUT2D eigenvalue weighted by molar-refractivity contribution is 7.13. The van der Waals surface area contributed by atoms with Crippen LogP contribution in [-0.4, -0.2) is 50.3 Å². The van der Waals surface area contributed by atoms with Crippen molar-refractivity contribution in [1.29, 1.82) is 0 Å². The normalized spacial score (nSPS) is 15.2. The van der Waals surface area contributed by atoms with Crippen molar-refractivity contribution < 1.29 is 9.47 Å². The minimum atomic E-state index is 0.859. The second-order valence-electron chi connectivity index (χ2n) is 7.16. The Labute approximate surface area is 176 Å². The number of ether oxygens (including phenoxy) is 2. The molecule has 0 atom stereocenters. The predicted octanol–water partition coefficient (Wildman–Crippen LogP) is 4.54. The van der Waals surface area contributed by atoms with E-state index in [1.165, 1.54) is 5.56 Å². The zero-order chi connectivity index (χ0) is 20.1. The second kappa shape index (κ2) is 9.29. The van der Waals surface area contributed by atoms with Gasteiger partial charge in [-0.3, -0.25) is 4.90 Å². The summed E-state index contributed by atoms with van der Waals surface area (Å²) >= 11 is 1.72. The molecule has 1 aliphatic heterocycles. The van der Waals surface area contributed by atoms with E-state index in [9.17, 15) is 0 Å². The van der Waals surface area contributed by atoms with E-state index in [4.69, 9.17) is 14.5 Å². The van der Waals surface area contributed by atoms with Crippen LogP contribution in [-0.2, 0) is 6.54 Å². The van der Waals surface area contributed by atoms with Gasteiger partial charge in [0.1, 0.15) is 16.5 Å². The molecule has 5 nitrogen and oxygen atoms in total. The third kappa shape index (κ3) is 4.71. The highest BCUT2D eigenvalue weighted by Gasteiger charge is 2.19. The quantitative estimate of drug-likeness (QED) is 0.598. The number of hydrogen-bond acceptors (Lipinski definition) is 6. The van der Waals surface area contributed by atoms with Crippen molar-refractivity contribution in [3.05, 3.63) is 59.6 Å². The minimum absolute atomic E-state index is 0.859. The van der Waals surface area contributed by atoms with E-state index in [-0.39, 0.29) is 0 Å². The molecule has 1 saturated heterocycles. The summed E-state index contributed by atoms with van der Waals surface area (Å²) in [6, 6.07) is 16.4. The van der Waals surface area contributed by atoms with E-state index in [0.29, 0.717) is 0 Å². The summed E-state index contributed by atoms with van der Waals surface area (Å²) < 4.78 is 11.0. The van der Waals surface area contributed by atoms with Crippen LogP contribution in [0.25, 0.3) is 10.6 Å². The monoisotopic (exact) mass is 409 g/mol. The Kier molecular flexibility index (Phi) is 6.32. The van der Waals surface area contributed by atoms with Gasteiger partial charge in [0.2, 0.25) is 0 Å². The first kappa shape index (κ1) is 19.7. The summed E-state index contributed by atoms with van der Waals surface area (Å²) in [6.07, 6.45) is 1.11. The molecule has 0 bridgehead atoms. The number of methoxy groups -OCH3 is 2. The summed E-state index contributed by atoms with van der Waals surface area (Å²) in [5, 5.41) is 3.29. The van der Waals surface area contributed by atoms with Crippen molar-refractivity contribution in [2.24, 2.45) is 0 Å². The van der Waals surface area contributed by atoms with Gasteiger partial charge in [-0.15, -0.1) is 11.3 Å². The van der Waals surface area contributed by atoms with Crippen LogP contribution in [0.3, 0.4) is 0 Å². The van der Waals surface area contributed by atoms with Crippen LogP contribution in [0.1, 0.15) is 12.1 Å². The fourth-order valence-corrected chi connectivity index (χ4v) is 4.55. The van der Waals surface area contributed by atoms with E-state index >= 15 is 0 Å². The lowest BCUT2D eigenvalue weighted by Gasteiger charge is -2.25. The maximum atomic E-state index is 5.59. The van der Waals surface area contributed by atoms with Gasteiger partial charge >= 0.3 is 0 Å². The molecule has 0 aliphatic carbocycles. The van der Waals surface area contributed by atoms with Gasteiger partial charge in [-0.25, -0.2) is 4.98 Å². The van der Waals surface area contributed by atoms with E-state index in [2.05, 4.69) is 45.5 Å². The number of hydrogen-bond donors (Lipinski definition) is 0. The molecule has 4 rings (SSSR count). The van der Waals surface area contributed by atoms with Gasteiger partial charge in [0.15, 0.2) is 0 Å². The molecule has 0 amide bonds. The number of anilines is 1. The van der Waals surface area contributed by atoms with Crippen molar-refractivity contribution in [3.63, 3.8) is 0 Å². The topological polar surface area (TPSA) is 37.8 Å². The molecule has 0 spiro atoms. The molecule has 152 valence electrons. The Morgan fingerprint density at radius 1 is 0.966 bits per heavy atom. The third-order valence-corrected chi connectivity index (χ3v) is 6.21. The van der Waals surface area contributed by atoms with Gasteiger partial charge in [0.25, 0.3) is 0 Å². The molecule has 0 N–H and O–H groups in total. The lowest BCUT2D eigenvalue weighted by Crippen LogP contribution is -2.30. The fraction of sp³-hybridized carbons (Fsp3) is 0.348. The lowest BCUT2D eigenvalue weighted by molar-refractivity contribution is 0.282.